The highest BCUT2D eigenvalue weighted by Gasteiger charge is 2.40. The number of nitrogens with one attached hydrogen (secondary N) is 3. The van der Waals surface area contributed by atoms with Gasteiger partial charge in [-0.25, -0.2) is 4.79 Å². The number of urea groups is 1. The largest absolute Gasteiger partial charge is 0.334 e. The SMILES string of the molecule is Cc1ccc(NC(=O)NCc2cc3c(c(C(C)C)c2)CN(C2CCC(=O)NC2=O)C3=O)cc1. The maximum absolute atomic E-state index is 13.2. The van der Waals surface area contributed by atoms with Crippen LogP contribution in [0.2, 0.25) is 0 Å². The number of imide groups is 1. The number of nitrogens with zero attached hydrogens (tertiary/aromatic N) is 1. The van der Waals surface area contributed by atoms with Crippen LogP contribution in [-0.2, 0) is 22.7 Å². The molecule has 33 heavy (non-hydrogen) atoms. The van der Waals surface area contributed by atoms with Gasteiger partial charge in [-0.3, -0.25) is 19.7 Å². The number of aryl methyl sites for hydroxylation is 1. The summed E-state index contributed by atoms with van der Waals surface area (Å²) in [7, 11) is 0. The second-order valence-corrected chi connectivity index (χ2v) is 8.94. The van der Waals surface area contributed by atoms with Gasteiger partial charge < -0.3 is 15.5 Å². The van der Waals surface area contributed by atoms with E-state index < -0.39 is 11.9 Å². The fourth-order valence-electron chi connectivity index (χ4n) is 4.36. The molecule has 172 valence electrons. The van der Waals surface area contributed by atoms with Crippen molar-refractivity contribution in [3.05, 3.63) is 64.2 Å². The number of anilines is 1. The molecule has 4 rings (SSSR count). The van der Waals surface area contributed by atoms with Gasteiger partial charge in [0.05, 0.1) is 0 Å². The average Bonchev–Trinajstić information content (AvgIpc) is 3.09. The summed E-state index contributed by atoms with van der Waals surface area (Å²) in [5.41, 5.74) is 5.11. The molecule has 2 aromatic carbocycles. The van der Waals surface area contributed by atoms with Crippen LogP contribution in [0.3, 0.4) is 0 Å². The summed E-state index contributed by atoms with van der Waals surface area (Å²) < 4.78 is 0. The van der Waals surface area contributed by atoms with Crippen LogP contribution in [0.15, 0.2) is 36.4 Å². The lowest BCUT2D eigenvalue weighted by Crippen LogP contribution is -2.52. The lowest BCUT2D eigenvalue weighted by molar-refractivity contribution is -0.136. The molecule has 2 aliphatic heterocycles. The Bertz CT molecular complexity index is 1120. The van der Waals surface area contributed by atoms with Gasteiger partial charge in [-0.2, -0.15) is 0 Å². The number of amides is 5. The number of benzene rings is 2. The lowest BCUT2D eigenvalue weighted by Gasteiger charge is -2.29. The van der Waals surface area contributed by atoms with Crippen LogP contribution in [0, 0.1) is 6.92 Å². The molecule has 2 aliphatic rings. The van der Waals surface area contributed by atoms with E-state index in [9.17, 15) is 19.2 Å². The quantitative estimate of drug-likeness (QED) is 0.611. The minimum Gasteiger partial charge on any atom is -0.334 e. The van der Waals surface area contributed by atoms with Crippen molar-refractivity contribution in [2.24, 2.45) is 0 Å². The van der Waals surface area contributed by atoms with Crippen LogP contribution in [-0.4, -0.2) is 34.7 Å². The van der Waals surface area contributed by atoms with E-state index in [2.05, 4.69) is 29.8 Å². The number of carbonyl (C=O) groups excluding carboxylic acids is 4. The molecule has 8 nitrogen and oxygen atoms in total. The first-order chi connectivity index (χ1) is 15.7. The fraction of sp³-hybridized carbons (Fsp3) is 0.360. The number of hydrogen-bond donors (Lipinski definition) is 3. The number of carbonyl (C=O) groups is 4. The molecule has 1 fully saturated rings. The molecule has 1 unspecified atom stereocenters. The average molecular weight is 449 g/mol. The van der Waals surface area contributed by atoms with Gasteiger partial charge in [-0.15, -0.1) is 0 Å². The zero-order chi connectivity index (χ0) is 23.7. The monoisotopic (exact) mass is 448 g/mol. The normalized spacial score (nSPS) is 17.8. The summed E-state index contributed by atoms with van der Waals surface area (Å²) in [5, 5.41) is 7.98. The molecule has 8 heteroatoms. The minimum atomic E-state index is -0.649. The van der Waals surface area contributed by atoms with Crippen molar-refractivity contribution in [3.63, 3.8) is 0 Å². The maximum atomic E-state index is 13.2. The molecule has 0 bridgehead atoms. The van der Waals surface area contributed by atoms with Crippen LogP contribution >= 0.6 is 0 Å². The summed E-state index contributed by atoms with van der Waals surface area (Å²) in [6.45, 7) is 6.69. The molecule has 2 heterocycles. The second-order valence-electron chi connectivity index (χ2n) is 8.94. The summed E-state index contributed by atoms with van der Waals surface area (Å²) in [4.78, 5) is 51.0. The Balaban J connectivity index is 1.50. The first kappa shape index (κ1) is 22.5. The van der Waals surface area contributed by atoms with Crippen LogP contribution in [0.5, 0.6) is 0 Å². The van der Waals surface area contributed by atoms with Gasteiger partial charge in [0, 0.05) is 30.8 Å². The van der Waals surface area contributed by atoms with Gasteiger partial charge in [-0.1, -0.05) is 37.6 Å². The highest BCUT2D eigenvalue weighted by molar-refractivity contribution is 6.05. The Labute approximate surface area is 192 Å². The smallest absolute Gasteiger partial charge is 0.319 e. The molecule has 0 saturated carbocycles. The molecular formula is C25H28N4O4. The van der Waals surface area contributed by atoms with Crippen LogP contribution in [0.25, 0.3) is 0 Å². The molecule has 2 aromatic rings. The summed E-state index contributed by atoms with van der Waals surface area (Å²) in [6.07, 6.45) is 0.549. The van der Waals surface area contributed by atoms with E-state index in [0.29, 0.717) is 24.2 Å². The molecule has 1 atom stereocenters. The first-order valence-electron chi connectivity index (χ1n) is 11.1. The number of rotatable bonds is 5. The Kier molecular flexibility index (Phi) is 6.18. The van der Waals surface area contributed by atoms with E-state index in [4.69, 9.17) is 0 Å². The van der Waals surface area contributed by atoms with E-state index in [1.165, 1.54) is 0 Å². The maximum Gasteiger partial charge on any atom is 0.319 e. The molecule has 3 N–H and O–H groups in total. The molecular weight excluding hydrogens is 420 g/mol. The highest BCUT2D eigenvalue weighted by atomic mass is 16.2. The first-order valence-corrected chi connectivity index (χ1v) is 11.1. The molecule has 5 amide bonds. The molecule has 0 aliphatic carbocycles. The zero-order valence-corrected chi connectivity index (χ0v) is 19.0. The van der Waals surface area contributed by atoms with Gasteiger partial charge in [0.15, 0.2) is 0 Å². The van der Waals surface area contributed by atoms with Crippen molar-refractivity contribution in [2.45, 2.75) is 58.7 Å². The van der Waals surface area contributed by atoms with Crippen molar-refractivity contribution in [1.82, 2.24) is 15.5 Å². The van der Waals surface area contributed by atoms with Gasteiger partial charge >= 0.3 is 6.03 Å². The van der Waals surface area contributed by atoms with Crippen molar-refractivity contribution in [1.29, 1.82) is 0 Å². The molecule has 1 saturated heterocycles. The Morgan fingerprint density at radius 3 is 2.55 bits per heavy atom. The summed E-state index contributed by atoms with van der Waals surface area (Å²) >= 11 is 0. The molecule has 0 spiro atoms. The van der Waals surface area contributed by atoms with Crippen LogP contribution in [0.4, 0.5) is 10.5 Å². The van der Waals surface area contributed by atoms with E-state index >= 15 is 0 Å². The highest BCUT2D eigenvalue weighted by Crippen LogP contribution is 2.34. The van der Waals surface area contributed by atoms with E-state index in [-0.39, 0.29) is 36.7 Å². The third-order valence-electron chi connectivity index (χ3n) is 6.13. The third kappa shape index (κ3) is 4.74. The fourth-order valence-corrected chi connectivity index (χ4v) is 4.36. The van der Waals surface area contributed by atoms with E-state index in [1.807, 2.05) is 37.3 Å². The Morgan fingerprint density at radius 1 is 1.15 bits per heavy atom. The lowest BCUT2D eigenvalue weighted by atomic mass is 9.92. The van der Waals surface area contributed by atoms with E-state index in [0.717, 1.165) is 22.3 Å². The van der Waals surface area contributed by atoms with Crippen molar-refractivity contribution < 1.29 is 19.2 Å². The van der Waals surface area contributed by atoms with Crippen LogP contribution in [0.1, 0.15) is 65.2 Å². The van der Waals surface area contributed by atoms with E-state index in [1.54, 1.807) is 11.0 Å². The van der Waals surface area contributed by atoms with Gasteiger partial charge in [0.25, 0.3) is 5.91 Å². The topological polar surface area (TPSA) is 108 Å². The van der Waals surface area contributed by atoms with Crippen LogP contribution < -0.4 is 16.0 Å². The minimum absolute atomic E-state index is 0.162. The predicted molar refractivity (Wildman–Crippen MR) is 124 cm³/mol. The number of hydrogen-bond acceptors (Lipinski definition) is 4. The predicted octanol–water partition coefficient (Wildman–Crippen LogP) is 3.20. The summed E-state index contributed by atoms with van der Waals surface area (Å²) in [5.74, 6) is -0.782. The van der Waals surface area contributed by atoms with Gasteiger partial charge in [0.1, 0.15) is 6.04 Å². The van der Waals surface area contributed by atoms with Crippen molar-refractivity contribution in [2.75, 3.05) is 5.32 Å². The van der Waals surface area contributed by atoms with Gasteiger partial charge in [0.2, 0.25) is 11.8 Å². The third-order valence-corrected chi connectivity index (χ3v) is 6.13. The zero-order valence-electron chi connectivity index (χ0n) is 19.0. The second kappa shape index (κ2) is 9.05. The van der Waals surface area contributed by atoms with Crippen molar-refractivity contribution in [3.8, 4) is 0 Å². The summed E-state index contributed by atoms with van der Waals surface area (Å²) in [6, 6.07) is 10.3. The molecule has 0 aromatic heterocycles. The molecule has 0 radical (unpaired) electrons. The number of fused-ring (bicyclic) bond motifs is 1. The standard InChI is InChI=1S/C25H28N4O4/c1-14(2)18-10-16(12-26-25(33)27-17-6-4-15(3)5-7-17)11-19-20(18)13-29(24(19)32)21-8-9-22(30)28-23(21)31/h4-7,10-11,14,21H,8-9,12-13H2,1-3H3,(H2,26,27,33)(H,28,30,31). The van der Waals surface area contributed by atoms with Gasteiger partial charge in [-0.05, 0) is 54.2 Å². The number of piperidine rings is 1. The van der Waals surface area contributed by atoms with Crippen molar-refractivity contribution >= 4 is 29.4 Å². The Morgan fingerprint density at radius 2 is 1.88 bits per heavy atom. The Hall–Kier alpha value is -3.68.